The highest BCUT2D eigenvalue weighted by molar-refractivity contribution is 6.31. The summed E-state index contributed by atoms with van der Waals surface area (Å²) in [4.78, 5) is 4.59. The van der Waals surface area contributed by atoms with Crippen LogP contribution >= 0.6 is 11.6 Å². The van der Waals surface area contributed by atoms with E-state index in [9.17, 15) is 0 Å². The predicted molar refractivity (Wildman–Crippen MR) is 73.5 cm³/mol. The standard InChI is InChI=1S/C14H17ClN2/c1-9-4-5-10-6-12(15)7-11(13(10)17-9)8-14(2,3)16/h4-7H,8,16H2,1-3H3. The summed E-state index contributed by atoms with van der Waals surface area (Å²) in [5, 5.41) is 1.81. The smallest absolute Gasteiger partial charge is 0.0738 e. The Balaban J connectivity index is 2.63. The molecule has 1 heterocycles. The van der Waals surface area contributed by atoms with Gasteiger partial charge in [0.05, 0.1) is 5.52 Å². The summed E-state index contributed by atoms with van der Waals surface area (Å²) in [6.45, 7) is 6.01. The monoisotopic (exact) mass is 248 g/mol. The van der Waals surface area contributed by atoms with Gasteiger partial charge in [-0.15, -0.1) is 0 Å². The summed E-state index contributed by atoms with van der Waals surface area (Å²) in [5.41, 5.74) is 8.95. The molecule has 0 bridgehead atoms. The van der Waals surface area contributed by atoms with E-state index in [0.29, 0.717) is 0 Å². The van der Waals surface area contributed by atoms with Crippen LogP contribution in [0.15, 0.2) is 24.3 Å². The molecule has 0 radical (unpaired) electrons. The number of fused-ring (bicyclic) bond motifs is 1. The Morgan fingerprint density at radius 2 is 2.00 bits per heavy atom. The Kier molecular flexibility index (Phi) is 3.11. The van der Waals surface area contributed by atoms with Crippen molar-refractivity contribution in [1.82, 2.24) is 4.98 Å². The van der Waals surface area contributed by atoms with Crippen molar-refractivity contribution in [3.8, 4) is 0 Å². The molecule has 0 saturated carbocycles. The molecule has 2 aromatic rings. The fraction of sp³-hybridized carbons (Fsp3) is 0.357. The quantitative estimate of drug-likeness (QED) is 0.884. The lowest BCUT2D eigenvalue weighted by Crippen LogP contribution is -2.34. The zero-order valence-electron chi connectivity index (χ0n) is 10.4. The molecule has 2 nitrogen and oxygen atoms in total. The lowest BCUT2D eigenvalue weighted by atomic mass is 9.94. The topological polar surface area (TPSA) is 38.9 Å². The lowest BCUT2D eigenvalue weighted by Gasteiger charge is -2.19. The molecule has 0 fully saturated rings. The summed E-state index contributed by atoms with van der Waals surface area (Å²) < 4.78 is 0. The molecule has 90 valence electrons. The van der Waals surface area contributed by atoms with Gasteiger partial charge in [0.15, 0.2) is 0 Å². The summed E-state index contributed by atoms with van der Waals surface area (Å²) in [6, 6.07) is 7.95. The number of aryl methyl sites for hydroxylation is 1. The van der Waals surface area contributed by atoms with Crippen LogP contribution in [-0.4, -0.2) is 10.5 Å². The normalized spacial score (nSPS) is 12.1. The summed E-state index contributed by atoms with van der Waals surface area (Å²) in [7, 11) is 0. The average Bonchev–Trinajstić information content (AvgIpc) is 2.16. The lowest BCUT2D eigenvalue weighted by molar-refractivity contribution is 0.518. The van der Waals surface area contributed by atoms with Crippen LogP contribution in [0, 0.1) is 6.92 Å². The summed E-state index contributed by atoms with van der Waals surface area (Å²) in [6.07, 6.45) is 0.764. The van der Waals surface area contributed by atoms with Gasteiger partial charge in [-0.3, -0.25) is 4.98 Å². The van der Waals surface area contributed by atoms with Crippen molar-refractivity contribution < 1.29 is 0 Å². The first-order valence-electron chi connectivity index (χ1n) is 5.70. The van der Waals surface area contributed by atoms with Crippen molar-refractivity contribution in [3.05, 3.63) is 40.5 Å². The van der Waals surface area contributed by atoms with Crippen molar-refractivity contribution >= 4 is 22.5 Å². The first-order chi connectivity index (χ1) is 7.85. The minimum Gasteiger partial charge on any atom is -0.325 e. The van der Waals surface area contributed by atoms with Gasteiger partial charge in [-0.25, -0.2) is 0 Å². The van der Waals surface area contributed by atoms with E-state index in [2.05, 4.69) is 11.1 Å². The van der Waals surface area contributed by atoms with E-state index in [1.807, 2.05) is 39.0 Å². The van der Waals surface area contributed by atoms with E-state index in [0.717, 1.165) is 33.6 Å². The third-order valence-corrected chi connectivity index (χ3v) is 2.84. The zero-order valence-corrected chi connectivity index (χ0v) is 11.2. The molecule has 0 amide bonds. The Morgan fingerprint density at radius 3 is 2.65 bits per heavy atom. The molecule has 1 aromatic carbocycles. The van der Waals surface area contributed by atoms with E-state index in [1.165, 1.54) is 0 Å². The van der Waals surface area contributed by atoms with Crippen molar-refractivity contribution in [2.45, 2.75) is 32.7 Å². The SMILES string of the molecule is Cc1ccc2cc(Cl)cc(CC(C)(C)N)c2n1. The molecule has 0 aliphatic heterocycles. The Bertz CT molecular complexity index is 556. The van der Waals surface area contributed by atoms with Crippen LogP contribution in [-0.2, 0) is 6.42 Å². The van der Waals surface area contributed by atoms with Gasteiger partial charge >= 0.3 is 0 Å². The Hall–Kier alpha value is -1.12. The molecule has 1 aromatic heterocycles. The van der Waals surface area contributed by atoms with Gasteiger partial charge in [0.2, 0.25) is 0 Å². The highest BCUT2D eigenvalue weighted by Crippen LogP contribution is 2.25. The van der Waals surface area contributed by atoms with Crippen molar-refractivity contribution in [2.24, 2.45) is 5.73 Å². The minimum absolute atomic E-state index is 0.261. The van der Waals surface area contributed by atoms with Crippen LogP contribution in [0.2, 0.25) is 5.02 Å². The number of pyridine rings is 1. The second-order valence-electron chi connectivity index (χ2n) is 5.25. The van der Waals surface area contributed by atoms with Crippen LogP contribution < -0.4 is 5.73 Å². The molecule has 0 unspecified atom stereocenters. The Labute approximate surface area is 107 Å². The highest BCUT2D eigenvalue weighted by atomic mass is 35.5. The minimum atomic E-state index is -0.261. The maximum atomic E-state index is 6.12. The number of hydrogen-bond acceptors (Lipinski definition) is 2. The zero-order chi connectivity index (χ0) is 12.6. The fourth-order valence-electron chi connectivity index (χ4n) is 1.99. The third kappa shape index (κ3) is 2.96. The highest BCUT2D eigenvalue weighted by Gasteiger charge is 2.15. The van der Waals surface area contributed by atoms with Crippen LogP contribution in [0.3, 0.4) is 0 Å². The number of benzene rings is 1. The van der Waals surface area contributed by atoms with Gasteiger partial charge in [0.25, 0.3) is 0 Å². The fourth-order valence-corrected chi connectivity index (χ4v) is 2.24. The van der Waals surface area contributed by atoms with Gasteiger partial charge < -0.3 is 5.73 Å². The number of halogens is 1. The third-order valence-electron chi connectivity index (χ3n) is 2.62. The molecule has 0 saturated heterocycles. The van der Waals surface area contributed by atoms with E-state index < -0.39 is 0 Å². The molecule has 0 spiro atoms. The first kappa shape index (κ1) is 12.3. The predicted octanol–water partition coefficient (Wildman–Crippen LogP) is 3.48. The van der Waals surface area contributed by atoms with Gasteiger partial charge in [0, 0.05) is 21.6 Å². The molecular formula is C14H17ClN2. The van der Waals surface area contributed by atoms with Crippen molar-refractivity contribution in [3.63, 3.8) is 0 Å². The van der Waals surface area contributed by atoms with Gasteiger partial charge in [0.1, 0.15) is 0 Å². The maximum absolute atomic E-state index is 6.12. The van der Waals surface area contributed by atoms with Crippen LogP contribution in [0.5, 0.6) is 0 Å². The summed E-state index contributed by atoms with van der Waals surface area (Å²) >= 11 is 6.12. The molecule has 0 aliphatic rings. The largest absolute Gasteiger partial charge is 0.325 e. The van der Waals surface area contributed by atoms with Crippen LogP contribution in [0.4, 0.5) is 0 Å². The second kappa shape index (κ2) is 4.28. The first-order valence-corrected chi connectivity index (χ1v) is 6.08. The van der Waals surface area contributed by atoms with Crippen LogP contribution in [0.25, 0.3) is 10.9 Å². The van der Waals surface area contributed by atoms with Crippen LogP contribution in [0.1, 0.15) is 25.1 Å². The van der Waals surface area contributed by atoms with E-state index in [4.69, 9.17) is 17.3 Å². The van der Waals surface area contributed by atoms with E-state index >= 15 is 0 Å². The molecular weight excluding hydrogens is 232 g/mol. The number of nitrogens with two attached hydrogens (primary N) is 1. The van der Waals surface area contributed by atoms with Gasteiger partial charge in [-0.2, -0.15) is 0 Å². The molecule has 17 heavy (non-hydrogen) atoms. The number of nitrogens with zero attached hydrogens (tertiary/aromatic N) is 1. The molecule has 2 N–H and O–H groups in total. The van der Waals surface area contributed by atoms with Gasteiger partial charge in [-0.05, 0) is 51.0 Å². The number of rotatable bonds is 2. The van der Waals surface area contributed by atoms with Crippen molar-refractivity contribution in [2.75, 3.05) is 0 Å². The average molecular weight is 249 g/mol. The van der Waals surface area contributed by atoms with E-state index in [-0.39, 0.29) is 5.54 Å². The van der Waals surface area contributed by atoms with E-state index in [1.54, 1.807) is 0 Å². The van der Waals surface area contributed by atoms with Crippen molar-refractivity contribution in [1.29, 1.82) is 0 Å². The number of hydrogen-bond donors (Lipinski definition) is 1. The molecule has 3 heteroatoms. The maximum Gasteiger partial charge on any atom is 0.0738 e. The summed E-state index contributed by atoms with van der Waals surface area (Å²) in [5.74, 6) is 0. The second-order valence-corrected chi connectivity index (χ2v) is 5.69. The number of aromatic nitrogens is 1. The molecule has 2 rings (SSSR count). The molecule has 0 atom stereocenters. The van der Waals surface area contributed by atoms with Gasteiger partial charge in [-0.1, -0.05) is 17.7 Å². The molecule has 0 aliphatic carbocycles. The Morgan fingerprint density at radius 1 is 1.29 bits per heavy atom.